The highest BCUT2D eigenvalue weighted by atomic mass is 32.2. The Bertz CT molecular complexity index is 298. The van der Waals surface area contributed by atoms with Crippen LogP contribution in [0.2, 0.25) is 0 Å². The fraction of sp³-hybridized carbons (Fsp3) is 1.00. The van der Waals surface area contributed by atoms with Crippen molar-refractivity contribution in [1.29, 1.82) is 0 Å². The van der Waals surface area contributed by atoms with Crippen molar-refractivity contribution in [3.63, 3.8) is 0 Å². The Morgan fingerprint density at radius 2 is 1.88 bits per heavy atom. The lowest BCUT2D eigenvalue weighted by Crippen LogP contribution is -2.52. The van der Waals surface area contributed by atoms with Gasteiger partial charge in [-0.25, -0.2) is 8.42 Å². The van der Waals surface area contributed by atoms with Crippen LogP contribution < -0.4 is 5.73 Å². The second-order valence-corrected chi connectivity index (χ2v) is 7.20. The Morgan fingerprint density at radius 3 is 2.24 bits per heavy atom. The summed E-state index contributed by atoms with van der Waals surface area (Å²) in [6.45, 7) is 5.43. The van der Waals surface area contributed by atoms with Crippen LogP contribution in [0.15, 0.2) is 0 Å². The molecule has 0 bridgehead atoms. The van der Waals surface area contributed by atoms with Gasteiger partial charge in [-0.3, -0.25) is 4.90 Å². The van der Waals surface area contributed by atoms with Gasteiger partial charge in [0.25, 0.3) is 0 Å². The molecular weight excluding hydrogens is 236 g/mol. The van der Waals surface area contributed by atoms with Crippen LogP contribution in [-0.4, -0.2) is 51.0 Å². The average molecular weight is 264 g/mol. The second-order valence-electron chi connectivity index (χ2n) is 4.94. The lowest BCUT2D eigenvalue weighted by Gasteiger charge is -2.41. The van der Waals surface area contributed by atoms with E-state index in [1.165, 1.54) is 6.26 Å². The first-order valence-corrected chi connectivity index (χ1v) is 8.46. The topological polar surface area (TPSA) is 63.4 Å². The number of nitrogens with zero attached hydrogens (tertiary/aromatic N) is 1. The molecule has 17 heavy (non-hydrogen) atoms. The first-order chi connectivity index (χ1) is 7.81. The maximum atomic E-state index is 11.2. The Labute approximate surface area is 106 Å². The molecule has 0 aliphatic heterocycles. The van der Waals surface area contributed by atoms with E-state index in [4.69, 9.17) is 5.73 Å². The number of sulfone groups is 1. The monoisotopic (exact) mass is 264 g/mol. The molecule has 0 heterocycles. The third kappa shape index (κ3) is 5.84. The Balaban J connectivity index is 4.57. The minimum Gasteiger partial charge on any atom is -0.329 e. The Kier molecular flexibility index (Phi) is 7.28. The molecule has 2 N–H and O–H groups in total. The molecule has 0 fully saturated rings. The van der Waals surface area contributed by atoms with Crippen LogP contribution in [0.1, 0.15) is 39.5 Å². The van der Waals surface area contributed by atoms with E-state index in [1.54, 1.807) is 0 Å². The van der Waals surface area contributed by atoms with E-state index >= 15 is 0 Å². The molecule has 104 valence electrons. The molecule has 5 heteroatoms. The van der Waals surface area contributed by atoms with Gasteiger partial charge >= 0.3 is 0 Å². The van der Waals surface area contributed by atoms with Gasteiger partial charge in [0, 0.05) is 24.9 Å². The Morgan fingerprint density at radius 1 is 1.29 bits per heavy atom. The smallest absolute Gasteiger partial charge is 0.148 e. The molecule has 0 saturated carbocycles. The predicted molar refractivity (Wildman–Crippen MR) is 73.9 cm³/mol. The zero-order valence-electron chi connectivity index (χ0n) is 11.7. The number of unbranched alkanes of at least 4 members (excludes halogenated alkanes) is 1. The quantitative estimate of drug-likeness (QED) is 0.681. The van der Waals surface area contributed by atoms with Crippen molar-refractivity contribution in [1.82, 2.24) is 4.90 Å². The molecule has 0 amide bonds. The van der Waals surface area contributed by atoms with Crippen molar-refractivity contribution < 1.29 is 8.42 Å². The summed E-state index contributed by atoms with van der Waals surface area (Å²) in [5.41, 5.74) is 5.87. The van der Waals surface area contributed by atoms with Gasteiger partial charge in [0.05, 0.1) is 5.75 Å². The standard InChI is InChI=1S/C12H28N2O2S/c1-5-7-8-12(6-2,11-13)14(3)9-10-17(4,15)16/h5-11,13H2,1-4H3. The fourth-order valence-corrected chi connectivity index (χ4v) is 2.69. The molecule has 0 spiro atoms. The highest BCUT2D eigenvalue weighted by molar-refractivity contribution is 7.90. The molecule has 0 saturated heterocycles. The summed E-state index contributed by atoms with van der Waals surface area (Å²) in [7, 11) is -0.916. The molecule has 0 aromatic heterocycles. The van der Waals surface area contributed by atoms with Gasteiger partial charge in [-0.1, -0.05) is 26.7 Å². The number of hydrogen-bond donors (Lipinski definition) is 1. The summed E-state index contributed by atoms with van der Waals surface area (Å²) in [6.07, 6.45) is 5.55. The molecule has 1 unspecified atom stereocenters. The summed E-state index contributed by atoms with van der Waals surface area (Å²) in [5.74, 6) is 0.206. The van der Waals surface area contributed by atoms with Crippen LogP contribution in [0.4, 0.5) is 0 Å². The van der Waals surface area contributed by atoms with Crippen molar-refractivity contribution >= 4 is 9.84 Å². The lowest BCUT2D eigenvalue weighted by atomic mass is 9.88. The molecule has 0 rings (SSSR count). The zero-order chi connectivity index (χ0) is 13.5. The summed E-state index contributed by atoms with van der Waals surface area (Å²) in [4.78, 5) is 2.13. The minimum atomic E-state index is -2.90. The van der Waals surface area contributed by atoms with Gasteiger partial charge in [-0.05, 0) is 19.9 Å². The molecular formula is C12H28N2O2S. The highest BCUT2D eigenvalue weighted by Crippen LogP contribution is 2.24. The maximum absolute atomic E-state index is 11.2. The molecule has 0 aliphatic carbocycles. The lowest BCUT2D eigenvalue weighted by molar-refractivity contribution is 0.115. The summed E-state index contributed by atoms with van der Waals surface area (Å²) >= 11 is 0. The van der Waals surface area contributed by atoms with E-state index < -0.39 is 9.84 Å². The van der Waals surface area contributed by atoms with Gasteiger partial charge < -0.3 is 5.73 Å². The summed E-state index contributed by atoms with van der Waals surface area (Å²) in [5, 5.41) is 0. The summed E-state index contributed by atoms with van der Waals surface area (Å²) in [6, 6.07) is 0. The number of likely N-dealkylation sites (N-methyl/N-ethyl adjacent to an activating group) is 1. The van der Waals surface area contributed by atoms with Crippen molar-refractivity contribution in [3.8, 4) is 0 Å². The zero-order valence-corrected chi connectivity index (χ0v) is 12.5. The van der Waals surface area contributed by atoms with Crippen LogP contribution in [0.5, 0.6) is 0 Å². The Hall–Kier alpha value is -0.130. The van der Waals surface area contributed by atoms with Crippen molar-refractivity contribution in [2.75, 3.05) is 32.1 Å². The minimum absolute atomic E-state index is 0.0410. The summed E-state index contributed by atoms with van der Waals surface area (Å²) < 4.78 is 22.4. The van der Waals surface area contributed by atoms with Crippen LogP contribution in [0.25, 0.3) is 0 Å². The van der Waals surface area contributed by atoms with Crippen molar-refractivity contribution in [2.45, 2.75) is 45.1 Å². The van der Waals surface area contributed by atoms with Gasteiger partial charge in [-0.15, -0.1) is 0 Å². The molecule has 0 aromatic carbocycles. The number of hydrogen-bond acceptors (Lipinski definition) is 4. The molecule has 0 radical (unpaired) electrons. The third-order valence-corrected chi connectivity index (χ3v) is 4.57. The molecule has 0 aromatic rings. The van der Waals surface area contributed by atoms with Gasteiger partial charge in [0.15, 0.2) is 0 Å². The van der Waals surface area contributed by atoms with Crippen LogP contribution >= 0.6 is 0 Å². The van der Waals surface area contributed by atoms with Crippen molar-refractivity contribution in [2.24, 2.45) is 5.73 Å². The normalized spacial score (nSPS) is 16.1. The van der Waals surface area contributed by atoms with Crippen molar-refractivity contribution in [3.05, 3.63) is 0 Å². The van der Waals surface area contributed by atoms with E-state index in [0.29, 0.717) is 13.1 Å². The molecule has 4 nitrogen and oxygen atoms in total. The van der Waals surface area contributed by atoms with Crippen LogP contribution in [-0.2, 0) is 9.84 Å². The first-order valence-electron chi connectivity index (χ1n) is 6.40. The largest absolute Gasteiger partial charge is 0.329 e. The molecule has 1 atom stereocenters. The van der Waals surface area contributed by atoms with E-state index in [1.807, 2.05) is 7.05 Å². The molecule has 0 aliphatic rings. The fourth-order valence-electron chi connectivity index (χ4n) is 2.09. The second kappa shape index (κ2) is 7.34. The van der Waals surface area contributed by atoms with Crippen LogP contribution in [0, 0.1) is 0 Å². The average Bonchev–Trinajstić information content (AvgIpc) is 2.27. The van der Waals surface area contributed by atoms with E-state index in [2.05, 4.69) is 18.7 Å². The van der Waals surface area contributed by atoms with Crippen LogP contribution in [0.3, 0.4) is 0 Å². The van der Waals surface area contributed by atoms with E-state index in [9.17, 15) is 8.42 Å². The van der Waals surface area contributed by atoms with Gasteiger partial charge in [0.1, 0.15) is 9.84 Å². The van der Waals surface area contributed by atoms with Gasteiger partial charge in [0.2, 0.25) is 0 Å². The predicted octanol–water partition coefficient (Wildman–Crippen LogP) is 1.26. The van der Waals surface area contributed by atoms with E-state index in [-0.39, 0.29) is 11.3 Å². The highest BCUT2D eigenvalue weighted by Gasteiger charge is 2.30. The third-order valence-electron chi connectivity index (χ3n) is 3.64. The maximum Gasteiger partial charge on any atom is 0.148 e. The number of nitrogens with two attached hydrogens (primary N) is 1. The van der Waals surface area contributed by atoms with E-state index in [0.717, 1.165) is 25.7 Å². The SMILES string of the molecule is CCCCC(CC)(CN)N(C)CCS(C)(=O)=O. The van der Waals surface area contributed by atoms with Gasteiger partial charge in [-0.2, -0.15) is 0 Å². The number of rotatable bonds is 9. The first kappa shape index (κ1) is 16.9.